The van der Waals surface area contributed by atoms with E-state index in [0.29, 0.717) is 0 Å². The maximum Gasteiger partial charge on any atom is 0.122 e. The van der Waals surface area contributed by atoms with Crippen molar-refractivity contribution in [1.82, 2.24) is 9.80 Å². The van der Waals surface area contributed by atoms with Crippen LogP contribution in [0.1, 0.15) is 18.4 Å². The normalized spacial score (nSPS) is 11.3. The van der Waals surface area contributed by atoms with E-state index in [-0.39, 0.29) is 0 Å². The SMILES string of the molecule is CN(C)CCCOc1ccccc1CCCN(C)C. The Balaban J connectivity index is 2.39. The third kappa shape index (κ3) is 7.19. The summed E-state index contributed by atoms with van der Waals surface area (Å²) in [5.74, 6) is 1.06. The molecular formula is C16H28N2O. The third-order valence-electron chi connectivity index (χ3n) is 3.03. The Hall–Kier alpha value is -1.06. The molecule has 1 rings (SSSR count). The standard InChI is InChI=1S/C16H28N2O/c1-17(2)12-7-10-15-9-5-6-11-16(15)19-14-8-13-18(3)4/h5-6,9,11H,7-8,10,12-14H2,1-4H3. The molecule has 0 saturated heterocycles. The van der Waals surface area contributed by atoms with Crippen LogP contribution in [0.5, 0.6) is 5.75 Å². The second-order valence-corrected chi connectivity index (χ2v) is 5.52. The molecular weight excluding hydrogens is 236 g/mol. The van der Waals surface area contributed by atoms with Crippen LogP contribution in [0.4, 0.5) is 0 Å². The van der Waals surface area contributed by atoms with E-state index >= 15 is 0 Å². The Morgan fingerprint density at radius 3 is 2.21 bits per heavy atom. The quantitative estimate of drug-likeness (QED) is 0.637. The van der Waals surface area contributed by atoms with Crippen LogP contribution < -0.4 is 4.74 Å². The minimum atomic E-state index is 0.795. The maximum atomic E-state index is 5.90. The first-order valence-corrected chi connectivity index (χ1v) is 7.10. The van der Waals surface area contributed by atoms with Gasteiger partial charge < -0.3 is 14.5 Å². The lowest BCUT2D eigenvalue weighted by Gasteiger charge is -2.14. The molecule has 1 aromatic carbocycles. The summed E-state index contributed by atoms with van der Waals surface area (Å²) in [6.07, 6.45) is 3.33. The molecule has 0 bridgehead atoms. The molecule has 0 spiro atoms. The van der Waals surface area contributed by atoms with Crippen LogP contribution in [0.3, 0.4) is 0 Å². The van der Waals surface area contributed by atoms with Crippen LogP contribution >= 0.6 is 0 Å². The van der Waals surface area contributed by atoms with Crippen molar-refractivity contribution >= 4 is 0 Å². The average molecular weight is 264 g/mol. The van der Waals surface area contributed by atoms with Crippen LogP contribution in [0.2, 0.25) is 0 Å². The number of ether oxygens (including phenoxy) is 1. The summed E-state index contributed by atoms with van der Waals surface area (Å²) in [4.78, 5) is 4.41. The van der Waals surface area contributed by atoms with Crippen molar-refractivity contribution in [2.24, 2.45) is 0 Å². The number of benzene rings is 1. The zero-order chi connectivity index (χ0) is 14.1. The molecule has 1 aromatic rings. The van der Waals surface area contributed by atoms with Gasteiger partial charge in [0.2, 0.25) is 0 Å². The van der Waals surface area contributed by atoms with Gasteiger partial charge in [-0.05, 0) is 65.6 Å². The van der Waals surface area contributed by atoms with E-state index in [0.717, 1.165) is 38.3 Å². The number of hydrogen-bond acceptors (Lipinski definition) is 3. The van der Waals surface area contributed by atoms with Gasteiger partial charge in [0, 0.05) is 6.54 Å². The molecule has 3 nitrogen and oxygen atoms in total. The van der Waals surface area contributed by atoms with E-state index in [4.69, 9.17) is 4.74 Å². The molecule has 0 fully saturated rings. The molecule has 0 N–H and O–H groups in total. The molecule has 0 unspecified atom stereocenters. The molecule has 0 aliphatic carbocycles. The molecule has 19 heavy (non-hydrogen) atoms. The summed E-state index contributed by atoms with van der Waals surface area (Å²) in [5, 5.41) is 0. The Morgan fingerprint density at radius 1 is 0.895 bits per heavy atom. The monoisotopic (exact) mass is 264 g/mol. The molecule has 108 valence electrons. The Bertz CT molecular complexity index is 350. The van der Waals surface area contributed by atoms with Gasteiger partial charge >= 0.3 is 0 Å². The van der Waals surface area contributed by atoms with E-state index in [1.165, 1.54) is 12.0 Å². The number of nitrogens with zero attached hydrogens (tertiary/aromatic N) is 2. The first kappa shape index (κ1) is 16.0. The topological polar surface area (TPSA) is 15.7 Å². The van der Waals surface area contributed by atoms with Crippen molar-refractivity contribution in [3.63, 3.8) is 0 Å². The molecule has 0 aromatic heterocycles. The summed E-state index contributed by atoms with van der Waals surface area (Å²) >= 11 is 0. The van der Waals surface area contributed by atoms with Crippen molar-refractivity contribution in [3.05, 3.63) is 29.8 Å². The van der Waals surface area contributed by atoms with Crippen molar-refractivity contribution in [1.29, 1.82) is 0 Å². The van der Waals surface area contributed by atoms with Crippen LogP contribution in [0.15, 0.2) is 24.3 Å². The van der Waals surface area contributed by atoms with Crippen molar-refractivity contribution < 1.29 is 4.74 Å². The molecule has 0 saturated carbocycles. The van der Waals surface area contributed by atoms with Gasteiger partial charge in [-0.2, -0.15) is 0 Å². The predicted molar refractivity (Wildman–Crippen MR) is 82.0 cm³/mol. The summed E-state index contributed by atoms with van der Waals surface area (Å²) in [5.41, 5.74) is 1.33. The molecule has 3 heteroatoms. The zero-order valence-electron chi connectivity index (χ0n) is 12.9. The molecule has 0 atom stereocenters. The highest BCUT2D eigenvalue weighted by Crippen LogP contribution is 2.19. The summed E-state index contributed by atoms with van der Waals surface area (Å²) < 4.78 is 5.90. The highest BCUT2D eigenvalue weighted by atomic mass is 16.5. The van der Waals surface area contributed by atoms with Crippen molar-refractivity contribution in [2.45, 2.75) is 19.3 Å². The fraction of sp³-hybridized carbons (Fsp3) is 0.625. The van der Waals surface area contributed by atoms with Gasteiger partial charge in [0.1, 0.15) is 5.75 Å². The van der Waals surface area contributed by atoms with Gasteiger partial charge in [-0.1, -0.05) is 18.2 Å². The summed E-state index contributed by atoms with van der Waals surface area (Å²) in [6, 6.07) is 8.41. The van der Waals surface area contributed by atoms with E-state index in [9.17, 15) is 0 Å². The van der Waals surface area contributed by atoms with Gasteiger partial charge in [-0.15, -0.1) is 0 Å². The lowest BCUT2D eigenvalue weighted by Crippen LogP contribution is -2.16. The Kier molecular flexibility index (Phi) is 7.53. The predicted octanol–water partition coefficient (Wildman–Crippen LogP) is 2.51. The van der Waals surface area contributed by atoms with Gasteiger partial charge in [-0.25, -0.2) is 0 Å². The molecule has 0 heterocycles. The number of rotatable bonds is 9. The van der Waals surface area contributed by atoms with E-state index in [1.807, 2.05) is 0 Å². The zero-order valence-corrected chi connectivity index (χ0v) is 12.9. The molecule has 0 amide bonds. The van der Waals surface area contributed by atoms with E-state index in [1.54, 1.807) is 0 Å². The highest BCUT2D eigenvalue weighted by Gasteiger charge is 2.03. The van der Waals surface area contributed by atoms with Crippen LogP contribution in [0, 0.1) is 0 Å². The second kappa shape index (κ2) is 8.94. The van der Waals surface area contributed by atoms with E-state index < -0.39 is 0 Å². The molecule has 0 aliphatic heterocycles. The minimum Gasteiger partial charge on any atom is -0.493 e. The fourth-order valence-corrected chi connectivity index (χ4v) is 2.00. The summed E-state index contributed by atoms with van der Waals surface area (Å²) in [7, 11) is 8.41. The number of para-hydroxylation sites is 1. The Morgan fingerprint density at radius 2 is 1.53 bits per heavy atom. The van der Waals surface area contributed by atoms with E-state index in [2.05, 4.69) is 62.3 Å². The smallest absolute Gasteiger partial charge is 0.122 e. The average Bonchev–Trinajstić information content (AvgIpc) is 2.35. The molecule has 0 aliphatic rings. The second-order valence-electron chi connectivity index (χ2n) is 5.52. The fourth-order valence-electron chi connectivity index (χ4n) is 2.00. The van der Waals surface area contributed by atoms with Gasteiger partial charge in [-0.3, -0.25) is 0 Å². The largest absolute Gasteiger partial charge is 0.493 e. The minimum absolute atomic E-state index is 0.795. The van der Waals surface area contributed by atoms with Crippen LogP contribution in [0.25, 0.3) is 0 Å². The maximum absolute atomic E-state index is 5.90. The lowest BCUT2D eigenvalue weighted by molar-refractivity contribution is 0.279. The van der Waals surface area contributed by atoms with Crippen molar-refractivity contribution in [2.75, 3.05) is 47.9 Å². The van der Waals surface area contributed by atoms with Crippen LogP contribution in [-0.4, -0.2) is 57.7 Å². The first-order chi connectivity index (χ1) is 9.09. The first-order valence-electron chi connectivity index (χ1n) is 7.10. The van der Waals surface area contributed by atoms with Crippen molar-refractivity contribution in [3.8, 4) is 5.75 Å². The lowest BCUT2D eigenvalue weighted by atomic mass is 10.1. The molecule has 0 radical (unpaired) electrons. The number of hydrogen-bond donors (Lipinski definition) is 0. The van der Waals surface area contributed by atoms with Gasteiger partial charge in [0.25, 0.3) is 0 Å². The summed E-state index contributed by atoms with van der Waals surface area (Å²) in [6.45, 7) is 2.99. The van der Waals surface area contributed by atoms with Crippen LogP contribution in [-0.2, 0) is 6.42 Å². The van der Waals surface area contributed by atoms with Gasteiger partial charge in [0.15, 0.2) is 0 Å². The van der Waals surface area contributed by atoms with Gasteiger partial charge in [0.05, 0.1) is 6.61 Å². The number of aryl methyl sites for hydroxylation is 1. The highest BCUT2D eigenvalue weighted by molar-refractivity contribution is 5.33. The third-order valence-corrected chi connectivity index (χ3v) is 3.03. The Labute approximate surface area is 118 Å².